The highest BCUT2D eigenvalue weighted by Gasteiger charge is 2.10. The Labute approximate surface area is 111 Å². The largest absolute Gasteiger partial charge is 0.478 e. The number of hydrogen-bond donors (Lipinski definition) is 1. The number of carboxylic acids is 1. The number of carboxylic acid groups (broad SMARTS) is 1. The van der Waals surface area contributed by atoms with Crippen LogP contribution in [-0.2, 0) is 6.42 Å². The van der Waals surface area contributed by atoms with E-state index in [1.165, 1.54) is 12.1 Å². The number of rotatable bonds is 4. The van der Waals surface area contributed by atoms with E-state index in [1.54, 1.807) is 24.3 Å². The fourth-order valence-electron chi connectivity index (χ4n) is 2.10. The van der Waals surface area contributed by atoms with Crippen molar-refractivity contribution in [2.24, 2.45) is 0 Å². The number of hydrogen-bond acceptors (Lipinski definition) is 1. The summed E-state index contributed by atoms with van der Waals surface area (Å²) in [6.07, 6.45) is 1.60. The van der Waals surface area contributed by atoms with Gasteiger partial charge in [-0.1, -0.05) is 37.6 Å². The van der Waals surface area contributed by atoms with Crippen molar-refractivity contribution in [1.82, 2.24) is 0 Å². The molecule has 0 spiro atoms. The molecule has 0 amide bonds. The highest BCUT2D eigenvalue weighted by atomic mass is 19.1. The first kappa shape index (κ1) is 13.3. The fraction of sp³-hybridized carbons (Fsp3) is 0.188. The summed E-state index contributed by atoms with van der Waals surface area (Å²) in [5.74, 6) is -1.19. The summed E-state index contributed by atoms with van der Waals surface area (Å²) in [4.78, 5) is 11.1. The minimum atomic E-state index is -0.908. The Morgan fingerprint density at radius 3 is 2.32 bits per heavy atom. The van der Waals surface area contributed by atoms with Gasteiger partial charge in [0.15, 0.2) is 0 Å². The van der Waals surface area contributed by atoms with Gasteiger partial charge < -0.3 is 5.11 Å². The molecule has 0 fully saturated rings. The van der Waals surface area contributed by atoms with Gasteiger partial charge in [0.25, 0.3) is 0 Å². The van der Waals surface area contributed by atoms with Gasteiger partial charge in [-0.3, -0.25) is 0 Å². The summed E-state index contributed by atoms with van der Waals surface area (Å²) < 4.78 is 12.9. The van der Waals surface area contributed by atoms with Gasteiger partial charge in [0.05, 0.1) is 5.56 Å². The minimum absolute atomic E-state index is 0.278. The van der Waals surface area contributed by atoms with Crippen LogP contribution in [0.25, 0.3) is 11.1 Å². The van der Waals surface area contributed by atoms with E-state index in [2.05, 4.69) is 0 Å². The molecule has 2 rings (SSSR count). The lowest BCUT2D eigenvalue weighted by atomic mass is 9.96. The van der Waals surface area contributed by atoms with Crippen LogP contribution in [-0.4, -0.2) is 11.1 Å². The van der Waals surface area contributed by atoms with Gasteiger partial charge >= 0.3 is 5.97 Å². The maximum absolute atomic E-state index is 12.9. The first-order valence-electron chi connectivity index (χ1n) is 6.24. The minimum Gasteiger partial charge on any atom is -0.478 e. The summed E-state index contributed by atoms with van der Waals surface area (Å²) in [6, 6.07) is 11.4. The highest BCUT2D eigenvalue weighted by Crippen LogP contribution is 2.24. The Balaban J connectivity index is 2.45. The van der Waals surface area contributed by atoms with Crippen LogP contribution in [0.5, 0.6) is 0 Å². The van der Waals surface area contributed by atoms with Crippen molar-refractivity contribution in [3.05, 3.63) is 59.4 Å². The standard InChI is InChI=1S/C16H15FO2/c1-2-3-13-10-12(6-9-15(13)16(18)19)11-4-7-14(17)8-5-11/h4-10H,2-3H2,1H3,(H,18,19). The molecule has 0 heterocycles. The van der Waals surface area contributed by atoms with Crippen molar-refractivity contribution in [2.75, 3.05) is 0 Å². The molecule has 3 heteroatoms. The van der Waals surface area contributed by atoms with Crippen LogP contribution in [0.1, 0.15) is 29.3 Å². The van der Waals surface area contributed by atoms with Crippen molar-refractivity contribution in [3.8, 4) is 11.1 Å². The lowest BCUT2D eigenvalue weighted by Crippen LogP contribution is -2.02. The summed E-state index contributed by atoms with van der Waals surface area (Å²) in [7, 11) is 0. The molecule has 2 aromatic carbocycles. The van der Waals surface area contributed by atoms with E-state index in [0.29, 0.717) is 5.56 Å². The Kier molecular flexibility index (Phi) is 3.95. The molecule has 0 bridgehead atoms. The molecule has 19 heavy (non-hydrogen) atoms. The molecule has 0 aliphatic carbocycles. The average Bonchev–Trinajstić information content (AvgIpc) is 2.39. The van der Waals surface area contributed by atoms with Crippen molar-refractivity contribution in [3.63, 3.8) is 0 Å². The summed E-state index contributed by atoms with van der Waals surface area (Å²) in [5, 5.41) is 9.14. The molecule has 0 saturated heterocycles. The second-order valence-corrected chi connectivity index (χ2v) is 4.43. The number of aryl methyl sites for hydroxylation is 1. The Hall–Kier alpha value is -2.16. The van der Waals surface area contributed by atoms with E-state index < -0.39 is 5.97 Å². The van der Waals surface area contributed by atoms with Crippen molar-refractivity contribution >= 4 is 5.97 Å². The molecule has 1 N–H and O–H groups in total. The quantitative estimate of drug-likeness (QED) is 0.894. The third-order valence-corrected chi connectivity index (χ3v) is 3.03. The maximum atomic E-state index is 12.9. The molecule has 0 aliphatic rings. The normalized spacial score (nSPS) is 10.4. The third kappa shape index (κ3) is 2.99. The second kappa shape index (κ2) is 5.65. The van der Waals surface area contributed by atoms with Gasteiger partial charge in [0.1, 0.15) is 5.82 Å². The average molecular weight is 258 g/mol. The summed E-state index contributed by atoms with van der Waals surface area (Å²) in [5.41, 5.74) is 2.95. The van der Waals surface area contributed by atoms with Crippen LogP contribution < -0.4 is 0 Å². The molecule has 0 saturated carbocycles. The van der Waals surface area contributed by atoms with Gasteiger partial charge in [-0.2, -0.15) is 0 Å². The van der Waals surface area contributed by atoms with Gasteiger partial charge in [-0.25, -0.2) is 9.18 Å². The predicted octanol–water partition coefficient (Wildman–Crippen LogP) is 4.14. The monoisotopic (exact) mass is 258 g/mol. The van der Waals surface area contributed by atoms with E-state index >= 15 is 0 Å². The van der Waals surface area contributed by atoms with E-state index in [-0.39, 0.29) is 5.82 Å². The summed E-state index contributed by atoms with van der Waals surface area (Å²) >= 11 is 0. The maximum Gasteiger partial charge on any atom is 0.335 e. The third-order valence-electron chi connectivity index (χ3n) is 3.03. The molecule has 0 aliphatic heterocycles. The van der Waals surface area contributed by atoms with Crippen LogP contribution in [0.2, 0.25) is 0 Å². The van der Waals surface area contributed by atoms with Crippen molar-refractivity contribution < 1.29 is 14.3 Å². The number of halogens is 1. The van der Waals surface area contributed by atoms with Gasteiger partial charge in [-0.05, 0) is 41.3 Å². The summed E-state index contributed by atoms with van der Waals surface area (Å²) in [6.45, 7) is 2.01. The first-order chi connectivity index (χ1) is 9.11. The first-order valence-corrected chi connectivity index (χ1v) is 6.24. The van der Waals surface area contributed by atoms with E-state index in [4.69, 9.17) is 5.11 Å². The van der Waals surface area contributed by atoms with Crippen LogP contribution in [0, 0.1) is 5.82 Å². The molecule has 0 radical (unpaired) electrons. The van der Waals surface area contributed by atoms with E-state index in [0.717, 1.165) is 29.5 Å². The van der Waals surface area contributed by atoms with Crippen LogP contribution >= 0.6 is 0 Å². The molecule has 0 aromatic heterocycles. The SMILES string of the molecule is CCCc1cc(-c2ccc(F)cc2)ccc1C(=O)O. The molecule has 98 valence electrons. The Morgan fingerprint density at radius 1 is 1.11 bits per heavy atom. The second-order valence-electron chi connectivity index (χ2n) is 4.43. The topological polar surface area (TPSA) is 37.3 Å². The number of aromatic carboxylic acids is 1. The highest BCUT2D eigenvalue weighted by molar-refractivity contribution is 5.90. The van der Waals surface area contributed by atoms with E-state index in [9.17, 15) is 9.18 Å². The zero-order valence-corrected chi connectivity index (χ0v) is 10.7. The van der Waals surface area contributed by atoms with Crippen LogP contribution in [0.3, 0.4) is 0 Å². The van der Waals surface area contributed by atoms with Crippen LogP contribution in [0.4, 0.5) is 4.39 Å². The fourth-order valence-corrected chi connectivity index (χ4v) is 2.10. The molecular formula is C16H15FO2. The van der Waals surface area contributed by atoms with Gasteiger partial charge in [-0.15, -0.1) is 0 Å². The zero-order chi connectivity index (χ0) is 13.8. The van der Waals surface area contributed by atoms with Crippen LogP contribution in [0.15, 0.2) is 42.5 Å². The zero-order valence-electron chi connectivity index (χ0n) is 10.7. The Morgan fingerprint density at radius 2 is 1.74 bits per heavy atom. The van der Waals surface area contributed by atoms with Gasteiger partial charge in [0, 0.05) is 0 Å². The van der Waals surface area contributed by atoms with E-state index in [1.807, 2.05) is 13.0 Å². The number of carbonyl (C=O) groups is 1. The Bertz CT molecular complexity index is 588. The van der Waals surface area contributed by atoms with Gasteiger partial charge in [0.2, 0.25) is 0 Å². The predicted molar refractivity (Wildman–Crippen MR) is 72.8 cm³/mol. The molecule has 0 unspecified atom stereocenters. The molecule has 2 aromatic rings. The lowest BCUT2D eigenvalue weighted by molar-refractivity contribution is 0.0695. The molecule has 0 atom stereocenters. The van der Waals surface area contributed by atoms with Crippen molar-refractivity contribution in [2.45, 2.75) is 19.8 Å². The molecule has 2 nitrogen and oxygen atoms in total. The van der Waals surface area contributed by atoms with Crippen molar-refractivity contribution in [1.29, 1.82) is 0 Å². The smallest absolute Gasteiger partial charge is 0.335 e. The lowest BCUT2D eigenvalue weighted by Gasteiger charge is -2.08. The number of benzene rings is 2. The molecular weight excluding hydrogens is 243 g/mol.